The van der Waals surface area contributed by atoms with Crippen molar-refractivity contribution in [2.75, 3.05) is 86.3 Å². The van der Waals surface area contributed by atoms with Crippen molar-refractivity contribution in [3.8, 4) is 11.5 Å². The van der Waals surface area contributed by atoms with Gasteiger partial charge in [0.2, 0.25) is 5.91 Å². The predicted molar refractivity (Wildman–Crippen MR) is 182 cm³/mol. The van der Waals surface area contributed by atoms with Gasteiger partial charge < -0.3 is 40.7 Å². The number of methoxy groups -OCH3 is 2. The summed E-state index contributed by atoms with van der Waals surface area (Å²) in [5, 5.41) is 20.1. The smallest absolute Gasteiger partial charge is 0.404 e. The highest BCUT2D eigenvalue weighted by Gasteiger charge is 2.22. The molecule has 4 rings (SSSR count). The van der Waals surface area contributed by atoms with E-state index in [2.05, 4.69) is 47.6 Å². The molecule has 1 fully saturated rings. The molecule has 3 aromatic rings. The number of rotatable bonds is 12. The van der Waals surface area contributed by atoms with E-state index >= 15 is 0 Å². The molecular formula is C30H35Cl2N9O6. The Kier molecular flexibility index (Phi) is 11.9. The SMILES string of the molecule is C=CC(=O)Nc1cc(N2CCN(CCNC(=O)O)CC2)ccc1Nc1cc(N(C)C(=O)Nc2c(Cl)c(OC)cc(OC)c2Cl)ncn1. The summed E-state index contributed by atoms with van der Waals surface area (Å²) in [5.74, 6) is 0.716. The van der Waals surface area contributed by atoms with E-state index in [0.29, 0.717) is 30.3 Å². The Labute approximate surface area is 281 Å². The second-order valence-corrected chi connectivity index (χ2v) is 10.9. The molecule has 2 aromatic carbocycles. The molecule has 4 amide bonds. The molecule has 5 N–H and O–H groups in total. The molecule has 47 heavy (non-hydrogen) atoms. The summed E-state index contributed by atoms with van der Waals surface area (Å²) in [6.45, 7) is 7.48. The average molecular weight is 689 g/mol. The number of piperazine rings is 1. The van der Waals surface area contributed by atoms with Gasteiger partial charge in [0.1, 0.15) is 39.5 Å². The number of nitrogens with one attached hydrogen (secondary N) is 4. The molecule has 1 saturated heterocycles. The Hall–Kier alpha value is -4.99. The van der Waals surface area contributed by atoms with Crippen molar-refractivity contribution in [1.82, 2.24) is 20.2 Å². The number of halogens is 2. The van der Waals surface area contributed by atoms with Crippen molar-refractivity contribution in [2.45, 2.75) is 0 Å². The first-order valence-corrected chi connectivity index (χ1v) is 15.1. The van der Waals surface area contributed by atoms with E-state index in [4.69, 9.17) is 37.8 Å². The van der Waals surface area contributed by atoms with Gasteiger partial charge >= 0.3 is 12.1 Å². The van der Waals surface area contributed by atoms with Crippen molar-refractivity contribution in [3.63, 3.8) is 0 Å². The minimum absolute atomic E-state index is 0.0950. The third kappa shape index (κ3) is 8.84. The Balaban J connectivity index is 1.49. The quantitative estimate of drug-likeness (QED) is 0.167. The monoisotopic (exact) mass is 687 g/mol. The normalized spacial score (nSPS) is 12.9. The first kappa shape index (κ1) is 34.9. The summed E-state index contributed by atoms with van der Waals surface area (Å²) < 4.78 is 10.5. The lowest BCUT2D eigenvalue weighted by Gasteiger charge is -2.36. The Morgan fingerprint density at radius 3 is 2.30 bits per heavy atom. The van der Waals surface area contributed by atoms with Crippen LogP contribution in [0, 0.1) is 0 Å². The highest BCUT2D eigenvalue weighted by atomic mass is 35.5. The van der Waals surface area contributed by atoms with Crippen LogP contribution in [-0.2, 0) is 4.79 Å². The van der Waals surface area contributed by atoms with Gasteiger partial charge in [-0.05, 0) is 24.3 Å². The van der Waals surface area contributed by atoms with Crippen LogP contribution in [0.4, 0.5) is 44.0 Å². The van der Waals surface area contributed by atoms with E-state index in [0.717, 1.165) is 31.9 Å². The molecule has 1 aromatic heterocycles. The zero-order chi connectivity index (χ0) is 34.1. The van der Waals surface area contributed by atoms with Crippen LogP contribution in [0.25, 0.3) is 0 Å². The number of hydrogen-bond acceptors (Lipinski definition) is 10. The van der Waals surface area contributed by atoms with E-state index < -0.39 is 18.0 Å². The number of carbonyl (C=O) groups is 3. The lowest BCUT2D eigenvalue weighted by Crippen LogP contribution is -2.48. The van der Waals surface area contributed by atoms with Crippen LogP contribution in [-0.4, -0.2) is 98.5 Å². The minimum atomic E-state index is -1.04. The Morgan fingerprint density at radius 2 is 1.68 bits per heavy atom. The minimum Gasteiger partial charge on any atom is -0.495 e. The van der Waals surface area contributed by atoms with Crippen LogP contribution in [0.3, 0.4) is 0 Å². The molecular weight excluding hydrogens is 653 g/mol. The number of ether oxygens (including phenoxy) is 2. The van der Waals surface area contributed by atoms with E-state index in [-0.39, 0.29) is 33.0 Å². The highest BCUT2D eigenvalue weighted by molar-refractivity contribution is 6.41. The van der Waals surface area contributed by atoms with Gasteiger partial charge in [-0.1, -0.05) is 29.8 Å². The van der Waals surface area contributed by atoms with E-state index in [1.165, 1.54) is 44.6 Å². The average Bonchev–Trinajstić information content (AvgIpc) is 3.07. The number of hydrogen-bond donors (Lipinski definition) is 5. The van der Waals surface area contributed by atoms with Crippen LogP contribution in [0.1, 0.15) is 0 Å². The number of benzene rings is 2. The number of anilines is 6. The first-order valence-electron chi connectivity index (χ1n) is 14.3. The lowest BCUT2D eigenvalue weighted by molar-refractivity contribution is -0.111. The largest absolute Gasteiger partial charge is 0.495 e. The maximum atomic E-state index is 13.2. The molecule has 0 aliphatic carbocycles. The summed E-state index contributed by atoms with van der Waals surface area (Å²) in [6.07, 6.45) is 1.43. The maximum Gasteiger partial charge on any atom is 0.404 e. The van der Waals surface area contributed by atoms with Crippen molar-refractivity contribution < 1.29 is 29.0 Å². The molecule has 0 spiro atoms. The van der Waals surface area contributed by atoms with Gasteiger partial charge in [0.05, 0.1) is 31.3 Å². The van der Waals surface area contributed by atoms with Crippen molar-refractivity contribution in [1.29, 1.82) is 0 Å². The molecule has 0 bridgehead atoms. The number of aromatic nitrogens is 2. The van der Waals surface area contributed by atoms with Crippen molar-refractivity contribution in [2.24, 2.45) is 0 Å². The zero-order valence-electron chi connectivity index (χ0n) is 26.0. The number of carboxylic acid groups (broad SMARTS) is 1. The molecule has 1 aliphatic rings. The third-order valence-corrected chi connectivity index (χ3v) is 8.01. The van der Waals surface area contributed by atoms with Gasteiger partial charge in [-0.3, -0.25) is 14.6 Å². The summed E-state index contributed by atoms with van der Waals surface area (Å²) in [7, 11) is 4.36. The summed E-state index contributed by atoms with van der Waals surface area (Å²) in [4.78, 5) is 50.4. The van der Waals surface area contributed by atoms with E-state index in [9.17, 15) is 14.4 Å². The second-order valence-electron chi connectivity index (χ2n) is 10.1. The van der Waals surface area contributed by atoms with Crippen LogP contribution >= 0.6 is 23.2 Å². The first-order chi connectivity index (χ1) is 22.5. The number of nitrogens with zero attached hydrogens (tertiary/aromatic N) is 5. The van der Waals surface area contributed by atoms with Gasteiger partial charge in [0.25, 0.3) is 0 Å². The summed E-state index contributed by atoms with van der Waals surface area (Å²) in [6, 6.07) is 8.05. The molecule has 0 unspecified atom stereocenters. The van der Waals surface area contributed by atoms with Crippen LogP contribution in [0.15, 0.2) is 49.3 Å². The predicted octanol–water partition coefficient (Wildman–Crippen LogP) is 4.73. The standard InChI is InChI=1S/C30H35Cl2N9O6/c1-5-25(42)37-20-14-18(41-12-10-40(11-13-41)9-8-33-30(44)45)6-7-19(20)36-23-16-24(35-17-34-23)39(2)29(43)38-28-26(31)21(46-3)15-22(47-4)27(28)32/h5-7,14-17,33H,1,8-13H2,2-4H3,(H,37,42)(H,38,43)(H,44,45)(H,34,35,36). The molecule has 2 heterocycles. The van der Waals surface area contributed by atoms with E-state index in [1.807, 2.05) is 18.2 Å². The number of urea groups is 1. The molecule has 0 saturated carbocycles. The highest BCUT2D eigenvalue weighted by Crippen LogP contribution is 2.44. The van der Waals surface area contributed by atoms with Crippen LogP contribution in [0.5, 0.6) is 11.5 Å². The molecule has 17 heteroatoms. The summed E-state index contributed by atoms with van der Waals surface area (Å²) >= 11 is 12.8. The fourth-order valence-corrected chi connectivity index (χ4v) is 5.30. The lowest BCUT2D eigenvalue weighted by atomic mass is 10.2. The van der Waals surface area contributed by atoms with Crippen molar-refractivity contribution in [3.05, 3.63) is 59.4 Å². The van der Waals surface area contributed by atoms with Gasteiger partial charge in [-0.25, -0.2) is 19.6 Å². The Morgan fingerprint density at radius 1 is 1.00 bits per heavy atom. The molecule has 0 atom stereocenters. The third-order valence-electron chi connectivity index (χ3n) is 7.26. The molecule has 1 aliphatic heterocycles. The van der Waals surface area contributed by atoms with Crippen LogP contribution in [0.2, 0.25) is 10.0 Å². The van der Waals surface area contributed by atoms with Crippen molar-refractivity contribution >= 4 is 75.6 Å². The van der Waals surface area contributed by atoms with Gasteiger partial charge in [-0.15, -0.1) is 0 Å². The van der Waals surface area contributed by atoms with Gasteiger partial charge in [-0.2, -0.15) is 0 Å². The fraction of sp³-hybridized carbons (Fsp3) is 0.300. The fourth-order valence-electron chi connectivity index (χ4n) is 4.70. The van der Waals surface area contributed by atoms with E-state index in [1.54, 1.807) is 6.07 Å². The summed E-state index contributed by atoms with van der Waals surface area (Å²) in [5.41, 5.74) is 2.03. The van der Waals surface area contributed by atoms with Crippen LogP contribution < -0.4 is 40.5 Å². The van der Waals surface area contributed by atoms with Gasteiger partial charge in [0, 0.05) is 64.1 Å². The second kappa shape index (κ2) is 16.0. The number of amides is 4. The Bertz CT molecular complexity index is 1610. The topological polar surface area (TPSA) is 174 Å². The molecule has 15 nitrogen and oxygen atoms in total. The number of carbonyl (C=O) groups excluding carboxylic acids is 2. The maximum absolute atomic E-state index is 13.2. The molecule has 0 radical (unpaired) electrons. The van der Waals surface area contributed by atoms with Gasteiger partial charge in [0.15, 0.2) is 0 Å². The zero-order valence-corrected chi connectivity index (χ0v) is 27.5. The molecule has 250 valence electrons.